The second-order valence-electron chi connectivity index (χ2n) is 3.32. The summed E-state index contributed by atoms with van der Waals surface area (Å²) in [5.74, 6) is -7.66. The zero-order valence-corrected chi connectivity index (χ0v) is 6.62. The number of hydrogen-bond acceptors (Lipinski definition) is 0. The van der Waals surface area contributed by atoms with Crippen molar-refractivity contribution in [2.75, 3.05) is 0 Å². The molecule has 0 spiro atoms. The van der Waals surface area contributed by atoms with Gasteiger partial charge in [-0.15, -0.1) is 0 Å². The molecule has 1 saturated carbocycles. The first-order valence-electron chi connectivity index (χ1n) is 3.63. The average Bonchev–Trinajstić information content (AvgIpc) is 2.30. The summed E-state index contributed by atoms with van der Waals surface area (Å²) >= 11 is 0. The summed E-state index contributed by atoms with van der Waals surface area (Å²) in [6.45, 7) is 1.95. The highest BCUT2D eigenvalue weighted by molar-refractivity contribution is 5.06. The van der Waals surface area contributed by atoms with E-state index in [2.05, 4.69) is 0 Å². The van der Waals surface area contributed by atoms with Gasteiger partial charge in [-0.25, -0.2) is 8.78 Å². The molecule has 0 aromatic heterocycles. The van der Waals surface area contributed by atoms with Crippen molar-refractivity contribution in [2.24, 2.45) is 17.8 Å². The van der Waals surface area contributed by atoms with Gasteiger partial charge in [0.2, 0.25) is 0 Å². The van der Waals surface area contributed by atoms with Gasteiger partial charge in [-0.05, 0) is 0 Å². The Hall–Kier alpha value is -0.350. The van der Waals surface area contributed by atoms with Crippen LogP contribution in [0, 0.1) is 17.8 Å². The highest BCUT2D eigenvalue weighted by Gasteiger charge is 2.71. The van der Waals surface area contributed by atoms with Crippen LogP contribution in [0.3, 0.4) is 0 Å². The van der Waals surface area contributed by atoms with Gasteiger partial charge in [0.05, 0.1) is 5.92 Å². The maximum absolute atomic E-state index is 12.5. The monoisotopic (exact) mass is 188 g/mol. The van der Waals surface area contributed by atoms with Crippen molar-refractivity contribution in [2.45, 2.75) is 25.9 Å². The molecule has 1 fully saturated rings. The number of hydrogen-bond donors (Lipinski definition) is 0. The first kappa shape index (κ1) is 9.74. The second kappa shape index (κ2) is 2.33. The van der Waals surface area contributed by atoms with Gasteiger partial charge in [0.15, 0.2) is 0 Å². The first-order chi connectivity index (χ1) is 5.19. The van der Waals surface area contributed by atoms with E-state index in [-0.39, 0.29) is 0 Å². The van der Waals surface area contributed by atoms with Crippen LogP contribution in [-0.4, -0.2) is 12.1 Å². The van der Waals surface area contributed by atoms with E-state index in [4.69, 9.17) is 0 Å². The van der Waals surface area contributed by atoms with Gasteiger partial charge in [0.25, 0.3) is 5.92 Å². The lowest BCUT2D eigenvalue weighted by Crippen LogP contribution is -2.24. The van der Waals surface area contributed by atoms with Crippen molar-refractivity contribution in [3.05, 3.63) is 0 Å². The van der Waals surface area contributed by atoms with Gasteiger partial charge in [0.1, 0.15) is 0 Å². The zero-order valence-electron chi connectivity index (χ0n) is 6.62. The highest BCUT2D eigenvalue weighted by Crippen LogP contribution is 2.61. The topological polar surface area (TPSA) is 0 Å². The largest absolute Gasteiger partial charge is 0.392 e. The Labute approximate surface area is 66.8 Å². The van der Waals surface area contributed by atoms with E-state index in [1.165, 1.54) is 0 Å². The predicted octanol–water partition coefficient (Wildman–Crippen LogP) is 3.09. The Morgan fingerprint density at radius 2 is 1.58 bits per heavy atom. The maximum Gasteiger partial charge on any atom is 0.392 e. The highest BCUT2D eigenvalue weighted by atomic mass is 19.4. The maximum atomic E-state index is 12.5. The Morgan fingerprint density at radius 1 is 1.25 bits per heavy atom. The molecule has 1 aliphatic carbocycles. The lowest BCUT2D eigenvalue weighted by atomic mass is 10.0. The fourth-order valence-electron chi connectivity index (χ4n) is 1.48. The van der Waals surface area contributed by atoms with Crippen molar-refractivity contribution in [3.8, 4) is 0 Å². The van der Waals surface area contributed by atoms with Crippen molar-refractivity contribution >= 4 is 0 Å². The first-order valence-corrected chi connectivity index (χ1v) is 3.63. The molecule has 3 atom stereocenters. The quantitative estimate of drug-likeness (QED) is 0.554. The van der Waals surface area contributed by atoms with E-state index < -0.39 is 29.9 Å². The summed E-state index contributed by atoms with van der Waals surface area (Å²) in [5.41, 5.74) is 0. The average molecular weight is 188 g/mol. The van der Waals surface area contributed by atoms with Crippen LogP contribution in [0.5, 0.6) is 0 Å². The fraction of sp³-hybridized carbons (Fsp3) is 1.00. The Bertz CT molecular complexity index is 173. The summed E-state index contributed by atoms with van der Waals surface area (Å²) in [4.78, 5) is 0. The van der Waals surface area contributed by atoms with E-state index in [0.717, 1.165) is 13.8 Å². The molecular weight excluding hydrogens is 179 g/mol. The van der Waals surface area contributed by atoms with Gasteiger partial charge in [0, 0.05) is 11.8 Å². The van der Waals surface area contributed by atoms with Crippen LogP contribution in [-0.2, 0) is 0 Å². The SMILES string of the molecule is CC(C1C(C)C1(F)F)C(F)(F)F. The fourth-order valence-corrected chi connectivity index (χ4v) is 1.48. The van der Waals surface area contributed by atoms with Crippen LogP contribution in [0.1, 0.15) is 13.8 Å². The number of rotatable bonds is 1. The molecular formula is C7H9F5. The molecule has 0 radical (unpaired) electrons. The lowest BCUT2D eigenvalue weighted by Gasteiger charge is -2.14. The van der Waals surface area contributed by atoms with E-state index >= 15 is 0 Å². The minimum atomic E-state index is -4.50. The van der Waals surface area contributed by atoms with Crippen LogP contribution >= 0.6 is 0 Å². The Kier molecular flexibility index (Phi) is 1.89. The third-order valence-electron chi connectivity index (χ3n) is 2.54. The van der Waals surface area contributed by atoms with Gasteiger partial charge in [-0.2, -0.15) is 13.2 Å². The van der Waals surface area contributed by atoms with E-state index in [1.54, 1.807) is 0 Å². The van der Waals surface area contributed by atoms with E-state index in [1.807, 2.05) is 0 Å². The molecule has 0 aromatic rings. The molecule has 12 heavy (non-hydrogen) atoms. The summed E-state index contributed by atoms with van der Waals surface area (Å²) in [6, 6.07) is 0. The Balaban J connectivity index is 2.64. The summed E-state index contributed by atoms with van der Waals surface area (Å²) in [5, 5.41) is 0. The number of halogens is 5. The molecule has 0 bridgehead atoms. The summed E-state index contributed by atoms with van der Waals surface area (Å²) in [6.07, 6.45) is -4.50. The summed E-state index contributed by atoms with van der Waals surface area (Å²) in [7, 11) is 0. The molecule has 0 N–H and O–H groups in total. The van der Waals surface area contributed by atoms with Crippen molar-refractivity contribution < 1.29 is 22.0 Å². The molecule has 72 valence electrons. The molecule has 5 heteroatoms. The van der Waals surface area contributed by atoms with Crippen molar-refractivity contribution in [1.29, 1.82) is 0 Å². The number of alkyl halides is 5. The van der Waals surface area contributed by atoms with Crippen LogP contribution in [0.2, 0.25) is 0 Å². The van der Waals surface area contributed by atoms with Gasteiger partial charge >= 0.3 is 6.18 Å². The van der Waals surface area contributed by atoms with Crippen molar-refractivity contribution in [3.63, 3.8) is 0 Å². The van der Waals surface area contributed by atoms with Gasteiger partial charge in [-0.3, -0.25) is 0 Å². The second-order valence-corrected chi connectivity index (χ2v) is 3.32. The van der Waals surface area contributed by atoms with Crippen LogP contribution < -0.4 is 0 Å². The normalized spacial score (nSPS) is 36.2. The van der Waals surface area contributed by atoms with E-state index in [9.17, 15) is 22.0 Å². The molecule has 0 saturated heterocycles. The minimum absolute atomic E-state index is 0.808. The molecule has 0 aromatic carbocycles. The molecule has 1 rings (SSSR count). The lowest BCUT2D eigenvalue weighted by molar-refractivity contribution is -0.181. The zero-order chi connectivity index (χ0) is 9.73. The molecule has 1 aliphatic rings. The smallest absolute Gasteiger partial charge is 0.206 e. The van der Waals surface area contributed by atoms with Gasteiger partial charge in [-0.1, -0.05) is 13.8 Å². The third-order valence-corrected chi connectivity index (χ3v) is 2.54. The molecule has 0 nitrogen and oxygen atoms in total. The third kappa shape index (κ3) is 1.29. The molecule has 0 heterocycles. The molecule has 3 unspecified atom stereocenters. The predicted molar refractivity (Wildman–Crippen MR) is 32.8 cm³/mol. The minimum Gasteiger partial charge on any atom is -0.206 e. The van der Waals surface area contributed by atoms with Crippen LogP contribution in [0.15, 0.2) is 0 Å². The van der Waals surface area contributed by atoms with Crippen molar-refractivity contribution in [1.82, 2.24) is 0 Å². The van der Waals surface area contributed by atoms with Crippen LogP contribution in [0.25, 0.3) is 0 Å². The molecule has 0 aliphatic heterocycles. The molecule has 0 amide bonds. The van der Waals surface area contributed by atoms with Crippen LogP contribution in [0.4, 0.5) is 22.0 Å². The summed E-state index contributed by atoms with van der Waals surface area (Å²) < 4.78 is 60.7. The van der Waals surface area contributed by atoms with E-state index in [0.29, 0.717) is 0 Å². The Morgan fingerprint density at radius 3 is 1.67 bits per heavy atom. The standard InChI is InChI=1S/C7H9F5/c1-3-5(6(3,8)9)4(2)7(10,11)12/h3-5H,1-2H3. The van der Waals surface area contributed by atoms with Gasteiger partial charge < -0.3 is 0 Å².